The van der Waals surface area contributed by atoms with E-state index >= 15 is 0 Å². The van der Waals surface area contributed by atoms with Gasteiger partial charge in [0.1, 0.15) is 16.5 Å². The van der Waals surface area contributed by atoms with E-state index in [4.69, 9.17) is 16.3 Å². The molecule has 0 atom stereocenters. The summed E-state index contributed by atoms with van der Waals surface area (Å²) in [5.41, 5.74) is 4.77. The molecule has 0 saturated heterocycles. The highest BCUT2D eigenvalue weighted by Gasteiger charge is 2.02. The van der Waals surface area contributed by atoms with E-state index in [-0.39, 0.29) is 5.02 Å². The van der Waals surface area contributed by atoms with Gasteiger partial charge in [-0.15, -0.1) is 0 Å². The van der Waals surface area contributed by atoms with Crippen molar-refractivity contribution in [3.63, 3.8) is 0 Å². The maximum absolute atomic E-state index is 11.3. The van der Waals surface area contributed by atoms with E-state index < -0.39 is 5.56 Å². The lowest BCUT2D eigenvalue weighted by atomic mass is 10.1. The maximum atomic E-state index is 11.3. The highest BCUT2D eigenvalue weighted by molar-refractivity contribution is 6.32. The third-order valence-electron chi connectivity index (χ3n) is 3.80. The third kappa shape index (κ3) is 5.69. The number of nitrogens with zero attached hydrogens (tertiary/aromatic N) is 2. The number of anilines is 1. The normalized spacial score (nSPS) is 10.9. The van der Waals surface area contributed by atoms with E-state index in [1.807, 2.05) is 42.5 Å². The topological polar surface area (TPSA) is 79.4 Å². The van der Waals surface area contributed by atoms with Gasteiger partial charge in [-0.3, -0.25) is 10.2 Å². The number of halogens is 1. The minimum atomic E-state index is -0.467. The fraction of sp³-hybridized carbons (Fsp3) is 0.150. The summed E-state index contributed by atoms with van der Waals surface area (Å²) in [5.74, 6) is 0.815. The van der Waals surface area contributed by atoms with Crippen molar-refractivity contribution in [2.24, 2.45) is 5.10 Å². The molecule has 7 heteroatoms. The first-order valence-electron chi connectivity index (χ1n) is 8.51. The third-order valence-corrected chi connectivity index (χ3v) is 4.17. The Morgan fingerprint density at radius 3 is 2.70 bits per heavy atom. The van der Waals surface area contributed by atoms with E-state index in [9.17, 15) is 4.79 Å². The monoisotopic (exact) mass is 382 g/mol. The lowest BCUT2D eigenvalue weighted by Crippen LogP contribution is -2.10. The van der Waals surface area contributed by atoms with Crippen LogP contribution in [0.4, 0.5) is 5.69 Å². The average molecular weight is 383 g/mol. The largest absolute Gasteiger partial charge is 0.494 e. The standard InChI is InChI=1S/C20H19ClN4O2/c21-19-18(14-23-25-20(19)26)24-22-13-16-8-10-17(11-9-16)27-12-4-7-15-5-2-1-3-6-15/h1-3,5-6,8-11,13-14H,4,7,12H2,(H2,24,25,26)/b22-13-. The Balaban J connectivity index is 1.45. The quantitative estimate of drug-likeness (QED) is 0.352. The molecule has 0 bridgehead atoms. The van der Waals surface area contributed by atoms with Gasteiger partial charge in [-0.1, -0.05) is 41.9 Å². The number of aryl methyl sites for hydroxylation is 1. The summed E-state index contributed by atoms with van der Waals surface area (Å²) in [6.07, 6.45) is 4.98. The van der Waals surface area contributed by atoms with Gasteiger partial charge in [0.15, 0.2) is 0 Å². The van der Waals surface area contributed by atoms with Gasteiger partial charge < -0.3 is 4.74 Å². The molecule has 3 rings (SSSR count). The molecule has 0 aliphatic carbocycles. The van der Waals surface area contributed by atoms with Gasteiger partial charge in [-0.05, 0) is 48.2 Å². The van der Waals surface area contributed by atoms with Gasteiger partial charge in [0.05, 0.1) is 19.0 Å². The Hall–Kier alpha value is -3.12. The first-order valence-corrected chi connectivity index (χ1v) is 8.89. The molecule has 1 aromatic heterocycles. The predicted octanol–water partition coefficient (Wildman–Crippen LogP) is 3.88. The van der Waals surface area contributed by atoms with Crippen LogP contribution in [-0.2, 0) is 6.42 Å². The number of aromatic nitrogens is 2. The van der Waals surface area contributed by atoms with Gasteiger partial charge in [-0.2, -0.15) is 10.2 Å². The Morgan fingerprint density at radius 1 is 1.15 bits per heavy atom. The van der Waals surface area contributed by atoms with Crippen LogP contribution in [-0.4, -0.2) is 23.0 Å². The molecular formula is C20H19ClN4O2. The van der Waals surface area contributed by atoms with Crippen molar-refractivity contribution in [3.05, 3.63) is 87.3 Å². The first-order chi connectivity index (χ1) is 13.2. The number of H-pyrrole nitrogens is 1. The van der Waals surface area contributed by atoms with E-state index in [1.165, 1.54) is 11.8 Å². The molecule has 0 amide bonds. The van der Waals surface area contributed by atoms with Gasteiger partial charge in [-0.25, -0.2) is 5.10 Å². The van der Waals surface area contributed by atoms with Crippen molar-refractivity contribution in [2.75, 3.05) is 12.0 Å². The summed E-state index contributed by atoms with van der Waals surface area (Å²) in [5, 5.41) is 9.98. The number of nitrogens with one attached hydrogen (secondary N) is 2. The van der Waals surface area contributed by atoms with Gasteiger partial charge in [0, 0.05) is 0 Å². The number of rotatable bonds is 8. The zero-order valence-electron chi connectivity index (χ0n) is 14.6. The lowest BCUT2D eigenvalue weighted by molar-refractivity contribution is 0.311. The maximum Gasteiger partial charge on any atom is 0.285 e. The summed E-state index contributed by atoms with van der Waals surface area (Å²) >= 11 is 5.86. The summed E-state index contributed by atoms with van der Waals surface area (Å²) in [4.78, 5) is 11.3. The van der Waals surface area contributed by atoms with Crippen LogP contribution in [0.15, 0.2) is 70.7 Å². The van der Waals surface area contributed by atoms with E-state index in [0.29, 0.717) is 12.3 Å². The minimum Gasteiger partial charge on any atom is -0.494 e. The molecule has 3 aromatic rings. The highest BCUT2D eigenvalue weighted by Crippen LogP contribution is 2.15. The van der Waals surface area contributed by atoms with Gasteiger partial charge >= 0.3 is 0 Å². The van der Waals surface area contributed by atoms with Crippen molar-refractivity contribution in [3.8, 4) is 5.75 Å². The molecule has 0 saturated carbocycles. The zero-order chi connectivity index (χ0) is 18.9. The first kappa shape index (κ1) is 18.7. The molecule has 2 aromatic carbocycles. The molecular weight excluding hydrogens is 364 g/mol. The molecule has 0 aliphatic heterocycles. The van der Waals surface area contributed by atoms with Crippen molar-refractivity contribution >= 4 is 23.5 Å². The molecule has 138 valence electrons. The number of aromatic amines is 1. The van der Waals surface area contributed by atoms with Crippen molar-refractivity contribution in [1.29, 1.82) is 0 Å². The Kier molecular flexibility index (Phi) is 6.60. The van der Waals surface area contributed by atoms with Gasteiger partial charge in [0.25, 0.3) is 5.56 Å². The van der Waals surface area contributed by atoms with Crippen LogP contribution in [0.25, 0.3) is 0 Å². The van der Waals surface area contributed by atoms with E-state index in [1.54, 1.807) is 6.21 Å². The predicted molar refractivity (Wildman–Crippen MR) is 108 cm³/mol. The molecule has 0 spiro atoms. The Morgan fingerprint density at radius 2 is 1.93 bits per heavy atom. The highest BCUT2D eigenvalue weighted by atomic mass is 35.5. The molecule has 0 unspecified atom stereocenters. The molecule has 6 nitrogen and oxygen atoms in total. The second-order valence-electron chi connectivity index (χ2n) is 5.80. The van der Waals surface area contributed by atoms with E-state index in [0.717, 1.165) is 24.2 Å². The SMILES string of the molecule is O=c1[nH]ncc(N/N=C\c2ccc(OCCCc3ccccc3)cc2)c1Cl. The fourth-order valence-electron chi connectivity index (χ4n) is 2.40. The summed E-state index contributed by atoms with van der Waals surface area (Å²) in [6, 6.07) is 17.9. The zero-order valence-corrected chi connectivity index (χ0v) is 15.3. The number of ether oxygens (including phenoxy) is 1. The van der Waals surface area contributed by atoms with Crippen LogP contribution < -0.4 is 15.7 Å². The molecule has 0 fully saturated rings. The average Bonchev–Trinajstić information content (AvgIpc) is 2.70. The molecule has 2 N–H and O–H groups in total. The van der Waals surface area contributed by atoms with Crippen LogP contribution in [0.3, 0.4) is 0 Å². The second kappa shape index (κ2) is 9.54. The number of benzene rings is 2. The molecule has 1 heterocycles. The molecule has 0 radical (unpaired) electrons. The summed E-state index contributed by atoms with van der Waals surface area (Å²) in [6.45, 7) is 0.665. The number of hydrazone groups is 1. The summed E-state index contributed by atoms with van der Waals surface area (Å²) < 4.78 is 5.76. The van der Waals surface area contributed by atoms with Crippen molar-refractivity contribution in [1.82, 2.24) is 10.2 Å². The van der Waals surface area contributed by atoms with Crippen LogP contribution in [0.5, 0.6) is 5.75 Å². The van der Waals surface area contributed by atoms with Crippen LogP contribution >= 0.6 is 11.6 Å². The lowest BCUT2D eigenvalue weighted by Gasteiger charge is -2.06. The van der Waals surface area contributed by atoms with E-state index in [2.05, 4.69) is 32.9 Å². The minimum absolute atomic E-state index is 0.0152. The second-order valence-corrected chi connectivity index (χ2v) is 6.18. The summed E-state index contributed by atoms with van der Waals surface area (Å²) in [7, 11) is 0. The smallest absolute Gasteiger partial charge is 0.285 e. The van der Waals surface area contributed by atoms with Crippen LogP contribution in [0.1, 0.15) is 17.5 Å². The van der Waals surface area contributed by atoms with Gasteiger partial charge in [0.2, 0.25) is 0 Å². The van der Waals surface area contributed by atoms with Crippen LogP contribution in [0.2, 0.25) is 5.02 Å². The molecule has 27 heavy (non-hydrogen) atoms. The van der Waals surface area contributed by atoms with Crippen LogP contribution in [0, 0.1) is 0 Å². The number of hydrogen-bond donors (Lipinski definition) is 2. The van der Waals surface area contributed by atoms with Crippen molar-refractivity contribution in [2.45, 2.75) is 12.8 Å². The number of hydrogen-bond acceptors (Lipinski definition) is 5. The van der Waals surface area contributed by atoms with Crippen molar-refractivity contribution < 1.29 is 4.74 Å². The fourth-order valence-corrected chi connectivity index (χ4v) is 2.53. The Bertz CT molecular complexity index is 940. The molecule has 0 aliphatic rings. The Labute approximate surface area is 161 Å².